The summed E-state index contributed by atoms with van der Waals surface area (Å²) in [7, 11) is 0. The number of rotatable bonds is 6. The lowest BCUT2D eigenvalue weighted by Crippen LogP contribution is -2.05. The Kier molecular flexibility index (Phi) is 5.40. The second kappa shape index (κ2) is 7.90. The SMILES string of the molecule is O=[N+]([O-])c1cccc(Nc2ncnc(Nc3ccc(I)cc3)c2[N+](=O)[O-])c1. The third kappa shape index (κ3) is 4.44. The summed E-state index contributed by atoms with van der Waals surface area (Å²) in [6, 6.07) is 12.8. The minimum atomic E-state index is -0.616. The molecule has 0 atom stereocenters. The molecule has 0 radical (unpaired) electrons. The average molecular weight is 478 g/mol. The minimum Gasteiger partial charge on any atom is -0.334 e. The lowest BCUT2D eigenvalue weighted by molar-refractivity contribution is -0.384. The van der Waals surface area contributed by atoms with Crippen LogP contribution in [0, 0.1) is 23.8 Å². The van der Waals surface area contributed by atoms with Gasteiger partial charge in [0.15, 0.2) is 0 Å². The Hall–Kier alpha value is -3.35. The van der Waals surface area contributed by atoms with Crippen LogP contribution in [-0.4, -0.2) is 19.8 Å². The summed E-state index contributed by atoms with van der Waals surface area (Å²) in [5, 5.41) is 28.1. The number of nitrogens with one attached hydrogen (secondary N) is 2. The molecule has 0 saturated heterocycles. The molecule has 0 unspecified atom stereocenters. The smallest absolute Gasteiger partial charge is 0.334 e. The first-order valence-electron chi connectivity index (χ1n) is 7.47. The van der Waals surface area contributed by atoms with Gasteiger partial charge in [-0.2, -0.15) is 0 Å². The second-order valence-corrected chi connectivity index (χ2v) is 6.49. The van der Waals surface area contributed by atoms with Gasteiger partial charge >= 0.3 is 5.69 Å². The van der Waals surface area contributed by atoms with Gasteiger partial charge in [0.25, 0.3) is 5.69 Å². The third-order valence-electron chi connectivity index (χ3n) is 3.43. The van der Waals surface area contributed by atoms with Crippen LogP contribution in [0.1, 0.15) is 0 Å². The number of anilines is 4. The van der Waals surface area contributed by atoms with E-state index in [-0.39, 0.29) is 23.0 Å². The van der Waals surface area contributed by atoms with Crippen LogP contribution in [0.25, 0.3) is 0 Å². The molecular formula is C16H11IN6O4. The van der Waals surface area contributed by atoms with Crippen LogP contribution in [-0.2, 0) is 0 Å². The standard InChI is InChI=1S/C16H11IN6O4/c17-10-4-6-11(7-5-10)20-15-14(23(26)27)16(19-9-18-15)21-12-2-1-3-13(8-12)22(24)25/h1-9H,(H2,18,19,20,21). The molecule has 2 aromatic carbocycles. The van der Waals surface area contributed by atoms with Crippen molar-refractivity contribution in [1.29, 1.82) is 0 Å². The van der Waals surface area contributed by atoms with Crippen molar-refractivity contribution in [1.82, 2.24) is 9.97 Å². The van der Waals surface area contributed by atoms with E-state index in [2.05, 4.69) is 43.2 Å². The Morgan fingerprint density at radius 3 is 2.07 bits per heavy atom. The zero-order chi connectivity index (χ0) is 19.4. The van der Waals surface area contributed by atoms with Gasteiger partial charge in [-0.3, -0.25) is 20.2 Å². The Morgan fingerprint density at radius 2 is 1.48 bits per heavy atom. The van der Waals surface area contributed by atoms with Gasteiger partial charge in [0.05, 0.1) is 9.85 Å². The van der Waals surface area contributed by atoms with E-state index in [1.54, 1.807) is 18.2 Å². The van der Waals surface area contributed by atoms with E-state index in [4.69, 9.17) is 0 Å². The molecule has 3 rings (SSSR count). The highest BCUT2D eigenvalue weighted by Crippen LogP contribution is 2.33. The topological polar surface area (TPSA) is 136 Å². The van der Waals surface area contributed by atoms with E-state index < -0.39 is 9.85 Å². The molecule has 0 bridgehead atoms. The molecule has 0 spiro atoms. The molecule has 136 valence electrons. The van der Waals surface area contributed by atoms with Gasteiger partial charge < -0.3 is 10.6 Å². The zero-order valence-corrected chi connectivity index (χ0v) is 15.7. The molecule has 1 heterocycles. The van der Waals surface area contributed by atoms with Gasteiger partial charge in [-0.25, -0.2) is 9.97 Å². The van der Waals surface area contributed by atoms with Crippen molar-refractivity contribution in [3.63, 3.8) is 0 Å². The molecule has 3 aromatic rings. The largest absolute Gasteiger partial charge is 0.353 e. The third-order valence-corrected chi connectivity index (χ3v) is 4.15. The molecular weight excluding hydrogens is 467 g/mol. The first kappa shape index (κ1) is 18.4. The predicted octanol–water partition coefficient (Wildman–Crippen LogP) is 4.38. The van der Waals surface area contributed by atoms with Crippen LogP contribution in [0.15, 0.2) is 54.9 Å². The molecule has 10 nitrogen and oxygen atoms in total. The highest BCUT2D eigenvalue weighted by molar-refractivity contribution is 14.1. The zero-order valence-electron chi connectivity index (χ0n) is 13.5. The maximum absolute atomic E-state index is 11.6. The molecule has 27 heavy (non-hydrogen) atoms. The van der Waals surface area contributed by atoms with E-state index >= 15 is 0 Å². The number of non-ortho nitro benzene ring substituents is 1. The van der Waals surface area contributed by atoms with Gasteiger partial charge in [-0.15, -0.1) is 0 Å². The van der Waals surface area contributed by atoms with Crippen LogP contribution in [0.2, 0.25) is 0 Å². The Morgan fingerprint density at radius 1 is 0.852 bits per heavy atom. The number of nitro benzene ring substituents is 1. The Labute approximate surface area is 166 Å². The van der Waals surface area contributed by atoms with Gasteiger partial charge in [0.2, 0.25) is 11.6 Å². The van der Waals surface area contributed by atoms with Gasteiger partial charge in [-0.05, 0) is 52.9 Å². The average Bonchev–Trinajstić information content (AvgIpc) is 2.64. The van der Waals surface area contributed by atoms with E-state index in [9.17, 15) is 20.2 Å². The number of hydrogen-bond acceptors (Lipinski definition) is 8. The summed E-state index contributed by atoms with van der Waals surface area (Å²) in [5.41, 5.74) is 0.404. The first-order chi connectivity index (χ1) is 12.9. The lowest BCUT2D eigenvalue weighted by Gasteiger charge is -2.10. The van der Waals surface area contributed by atoms with Crippen molar-refractivity contribution in [2.24, 2.45) is 0 Å². The molecule has 0 aliphatic rings. The monoisotopic (exact) mass is 478 g/mol. The van der Waals surface area contributed by atoms with Crippen molar-refractivity contribution in [2.75, 3.05) is 10.6 Å². The van der Waals surface area contributed by atoms with Crippen LogP contribution in [0.5, 0.6) is 0 Å². The molecule has 0 fully saturated rings. The number of benzene rings is 2. The molecule has 0 amide bonds. The fourth-order valence-corrected chi connectivity index (χ4v) is 2.60. The Balaban J connectivity index is 1.96. The van der Waals surface area contributed by atoms with Crippen molar-refractivity contribution in [2.45, 2.75) is 0 Å². The van der Waals surface area contributed by atoms with Crippen LogP contribution < -0.4 is 10.6 Å². The van der Waals surface area contributed by atoms with Crippen molar-refractivity contribution >= 4 is 57.0 Å². The summed E-state index contributed by atoms with van der Waals surface area (Å²) in [4.78, 5) is 29.2. The molecule has 11 heteroatoms. The highest BCUT2D eigenvalue weighted by atomic mass is 127. The number of nitro groups is 2. The van der Waals surface area contributed by atoms with Gasteiger partial charge in [0, 0.05) is 27.1 Å². The maximum atomic E-state index is 11.6. The number of hydrogen-bond donors (Lipinski definition) is 2. The quantitative estimate of drug-likeness (QED) is 0.303. The highest BCUT2D eigenvalue weighted by Gasteiger charge is 2.23. The summed E-state index contributed by atoms with van der Waals surface area (Å²) < 4.78 is 1.02. The van der Waals surface area contributed by atoms with E-state index in [0.29, 0.717) is 11.4 Å². The van der Waals surface area contributed by atoms with Gasteiger partial charge in [-0.1, -0.05) is 6.07 Å². The van der Waals surface area contributed by atoms with Crippen LogP contribution in [0.4, 0.5) is 34.4 Å². The minimum absolute atomic E-state index is 0.00383. The summed E-state index contributed by atoms with van der Waals surface area (Å²) in [5.74, 6) is -0.0763. The van der Waals surface area contributed by atoms with E-state index in [0.717, 1.165) is 3.57 Å². The lowest BCUT2D eigenvalue weighted by atomic mass is 10.2. The maximum Gasteiger partial charge on any atom is 0.353 e. The predicted molar refractivity (Wildman–Crippen MR) is 108 cm³/mol. The molecule has 0 aliphatic carbocycles. The Bertz CT molecular complexity index is 1010. The van der Waals surface area contributed by atoms with Crippen molar-refractivity contribution in [3.8, 4) is 0 Å². The van der Waals surface area contributed by atoms with E-state index in [1.807, 2.05) is 12.1 Å². The first-order valence-corrected chi connectivity index (χ1v) is 8.55. The second-order valence-electron chi connectivity index (χ2n) is 5.24. The molecule has 0 aliphatic heterocycles. The summed E-state index contributed by atoms with van der Waals surface area (Å²) in [6.45, 7) is 0. The van der Waals surface area contributed by atoms with Crippen LogP contribution in [0.3, 0.4) is 0 Å². The van der Waals surface area contributed by atoms with Crippen molar-refractivity contribution < 1.29 is 9.85 Å². The summed E-state index contributed by atoms with van der Waals surface area (Å²) in [6.07, 6.45) is 1.17. The number of halogens is 1. The number of aromatic nitrogens is 2. The van der Waals surface area contributed by atoms with Crippen LogP contribution >= 0.6 is 22.6 Å². The molecule has 0 saturated carbocycles. The summed E-state index contributed by atoms with van der Waals surface area (Å²) >= 11 is 2.15. The number of nitrogens with zero attached hydrogens (tertiary/aromatic N) is 4. The molecule has 2 N–H and O–H groups in total. The van der Waals surface area contributed by atoms with E-state index in [1.165, 1.54) is 24.5 Å². The van der Waals surface area contributed by atoms with Crippen molar-refractivity contribution in [3.05, 3.63) is 78.7 Å². The normalized spacial score (nSPS) is 10.3. The molecule has 1 aromatic heterocycles. The fraction of sp³-hybridized carbons (Fsp3) is 0. The fourth-order valence-electron chi connectivity index (χ4n) is 2.24. The van der Waals surface area contributed by atoms with Gasteiger partial charge in [0.1, 0.15) is 6.33 Å².